The largest absolute Gasteiger partial charge is 0.348 e. The number of nitrogens with zero attached hydrogens (tertiary/aromatic N) is 5. The highest BCUT2D eigenvalue weighted by atomic mass is 32.2. The number of thiazole rings is 1. The van der Waals surface area contributed by atoms with Crippen molar-refractivity contribution in [2.75, 3.05) is 14.1 Å². The van der Waals surface area contributed by atoms with Crippen LogP contribution in [0.2, 0.25) is 0 Å². The molecule has 0 saturated heterocycles. The van der Waals surface area contributed by atoms with Crippen LogP contribution in [0.4, 0.5) is 0 Å². The molecule has 0 aliphatic heterocycles. The molecule has 6 nitrogen and oxygen atoms in total. The Morgan fingerprint density at radius 1 is 1.06 bits per heavy atom. The van der Waals surface area contributed by atoms with Crippen LogP contribution < -0.4 is 0 Å². The summed E-state index contributed by atoms with van der Waals surface area (Å²) in [7, 11) is 3.52. The van der Waals surface area contributed by atoms with Crippen LogP contribution in [-0.4, -0.2) is 44.7 Å². The quantitative estimate of drug-likeness (QED) is 0.364. The van der Waals surface area contributed by atoms with E-state index >= 15 is 0 Å². The van der Waals surface area contributed by atoms with Crippen LogP contribution in [0.5, 0.6) is 0 Å². The smallest absolute Gasteiger partial charge is 0.228 e. The number of hydrogen-bond acceptors (Lipinski definition) is 6. The van der Waals surface area contributed by atoms with Crippen molar-refractivity contribution in [3.8, 4) is 17.1 Å². The third kappa shape index (κ3) is 5.08. The Balaban J connectivity index is 1.61. The van der Waals surface area contributed by atoms with E-state index in [4.69, 9.17) is 0 Å². The molecule has 0 saturated carbocycles. The lowest BCUT2D eigenvalue weighted by Gasteiger charge is -2.11. The zero-order chi connectivity index (χ0) is 22.7. The molecule has 164 valence electrons. The second kappa shape index (κ2) is 9.67. The second-order valence-electron chi connectivity index (χ2n) is 7.83. The van der Waals surface area contributed by atoms with Gasteiger partial charge in [-0.2, -0.15) is 0 Å². The molecule has 32 heavy (non-hydrogen) atoms. The van der Waals surface area contributed by atoms with Gasteiger partial charge in [0.2, 0.25) is 5.91 Å². The third-order valence-electron chi connectivity index (χ3n) is 4.95. The average Bonchev–Trinajstić information content (AvgIpc) is 3.39. The highest BCUT2D eigenvalue weighted by Crippen LogP contribution is 2.30. The monoisotopic (exact) mass is 463 g/mol. The third-order valence-corrected chi connectivity index (χ3v) is 6.81. The first-order chi connectivity index (χ1) is 15.4. The van der Waals surface area contributed by atoms with Crippen LogP contribution in [0, 0.1) is 13.8 Å². The highest BCUT2D eigenvalue weighted by molar-refractivity contribution is 7.98. The van der Waals surface area contributed by atoms with E-state index in [1.807, 2.05) is 11.4 Å². The summed E-state index contributed by atoms with van der Waals surface area (Å²) >= 11 is 3.12. The molecule has 0 aliphatic rings. The van der Waals surface area contributed by atoms with E-state index in [0.29, 0.717) is 12.2 Å². The van der Waals surface area contributed by atoms with Gasteiger partial charge in [0.05, 0.1) is 12.1 Å². The molecule has 4 aromatic rings. The zero-order valence-corrected chi connectivity index (χ0v) is 20.2. The minimum atomic E-state index is 0.0560. The lowest BCUT2D eigenvalue weighted by molar-refractivity contribution is -0.127. The van der Waals surface area contributed by atoms with Crippen molar-refractivity contribution in [3.05, 3.63) is 75.7 Å². The van der Waals surface area contributed by atoms with Gasteiger partial charge in [-0.1, -0.05) is 53.2 Å². The van der Waals surface area contributed by atoms with Crippen molar-refractivity contribution >= 4 is 29.0 Å². The van der Waals surface area contributed by atoms with E-state index < -0.39 is 0 Å². The van der Waals surface area contributed by atoms with Gasteiger partial charge >= 0.3 is 0 Å². The van der Waals surface area contributed by atoms with E-state index in [0.717, 1.165) is 32.9 Å². The Labute approximate surface area is 196 Å². The Morgan fingerprint density at radius 2 is 1.84 bits per heavy atom. The van der Waals surface area contributed by atoms with Gasteiger partial charge in [0.25, 0.3) is 0 Å². The summed E-state index contributed by atoms with van der Waals surface area (Å²) in [5.41, 5.74) is 5.38. The summed E-state index contributed by atoms with van der Waals surface area (Å²) in [6, 6.07) is 16.7. The molecule has 1 amide bonds. The molecule has 0 radical (unpaired) electrons. The van der Waals surface area contributed by atoms with Crippen LogP contribution in [0.25, 0.3) is 17.1 Å². The summed E-state index contributed by atoms with van der Waals surface area (Å²) in [5.74, 6) is 1.53. The van der Waals surface area contributed by atoms with Crippen LogP contribution in [0.3, 0.4) is 0 Å². The second-order valence-corrected chi connectivity index (χ2v) is 9.72. The van der Waals surface area contributed by atoms with E-state index in [-0.39, 0.29) is 5.91 Å². The predicted octanol–water partition coefficient (Wildman–Crippen LogP) is 4.93. The fraction of sp³-hybridized carbons (Fsp3) is 0.250. The molecule has 8 heteroatoms. The summed E-state index contributed by atoms with van der Waals surface area (Å²) in [4.78, 5) is 18.2. The molecule has 0 unspecified atom stereocenters. The molecule has 0 bridgehead atoms. The number of hydrogen-bond donors (Lipinski definition) is 0. The van der Waals surface area contributed by atoms with Crippen molar-refractivity contribution in [2.45, 2.75) is 31.2 Å². The van der Waals surface area contributed by atoms with Gasteiger partial charge in [-0.3, -0.25) is 9.36 Å². The highest BCUT2D eigenvalue weighted by Gasteiger charge is 2.17. The first-order valence-electron chi connectivity index (χ1n) is 10.3. The van der Waals surface area contributed by atoms with E-state index in [9.17, 15) is 4.79 Å². The van der Waals surface area contributed by atoms with Crippen molar-refractivity contribution in [3.63, 3.8) is 0 Å². The zero-order valence-electron chi connectivity index (χ0n) is 18.6. The molecule has 0 fully saturated rings. The maximum absolute atomic E-state index is 12.0. The summed E-state index contributed by atoms with van der Waals surface area (Å²) in [6.45, 7) is 4.15. The minimum absolute atomic E-state index is 0.0560. The molecule has 0 atom stereocenters. The van der Waals surface area contributed by atoms with Gasteiger partial charge in [0.1, 0.15) is 5.01 Å². The lowest BCUT2D eigenvalue weighted by atomic mass is 10.1. The fourth-order valence-corrected chi connectivity index (χ4v) is 4.92. The lowest BCUT2D eigenvalue weighted by Crippen LogP contribution is -2.23. The minimum Gasteiger partial charge on any atom is -0.348 e. The van der Waals surface area contributed by atoms with Crippen molar-refractivity contribution in [1.82, 2.24) is 24.6 Å². The number of benzene rings is 2. The molecule has 0 spiro atoms. The molecule has 0 aliphatic carbocycles. The maximum atomic E-state index is 12.0. The topological polar surface area (TPSA) is 63.9 Å². The van der Waals surface area contributed by atoms with E-state index in [1.54, 1.807) is 30.8 Å². The van der Waals surface area contributed by atoms with Crippen LogP contribution in [0.15, 0.2) is 59.1 Å². The van der Waals surface area contributed by atoms with Crippen LogP contribution >= 0.6 is 23.1 Å². The molecule has 2 heterocycles. The first kappa shape index (κ1) is 22.2. The number of aryl methyl sites for hydroxylation is 2. The molecular formula is C24H25N5OS2. The van der Waals surface area contributed by atoms with Gasteiger partial charge in [-0.25, -0.2) is 4.98 Å². The maximum Gasteiger partial charge on any atom is 0.228 e. The number of rotatable bonds is 7. The fourth-order valence-electron chi connectivity index (χ4n) is 3.18. The van der Waals surface area contributed by atoms with Gasteiger partial charge in [0, 0.05) is 36.5 Å². The normalized spacial score (nSPS) is 11.0. The summed E-state index contributed by atoms with van der Waals surface area (Å²) < 4.78 is 2.10. The summed E-state index contributed by atoms with van der Waals surface area (Å²) in [6.07, 6.45) is 0.333. The number of carbonyl (C=O) groups excluding carboxylic acids is 1. The number of aromatic nitrogens is 4. The van der Waals surface area contributed by atoms with E-state index in [2.05, 4.69) is 76.1 Å². The number of likely N-dealkylation sites (N-methyl/N-ethyl adjacent to an activating group) is 1. The predicted molar refractivity (Wildman–Crippen MR) is 130 cm³/mol. The Hall–Kier alpha value is -2.97. The van der Waals surface area contributed by atoms with Crippen molar-refractivity contribution < 1.29 is 4.79 Å². The standard InChI is InChI=1S/C24H25N5OS2/c1-16-8-10-20(11-9-16)29-23(18-7-5-6-17(2)12-18)26-27-24(29)32-15-19-14-31-21(25-19)13-22(30)28(3)4/h5-12,14H,13,15H2,1-4H3. The molecule has 2 aromatic heterocycles. The van der Waals surface area contributed by atoms with Gasteiger partial charge in [0.15, 0.2) is 11.0 Å². The van der Waals surface area contributed by atoms with Crippen LogP contribution in [0.1, 0.15) is 21.8 Å². The van der Waals surface area contributed by atoms with Gasteiger partial charge in [-0.05, 0) is 32.0 Å². The first-order valence-corrected chi connectivity index (χ1v) is 12.1. The SMILES string of the molecule is Cc1ccc(-n2c(SCc3csc(CC(=O)N(C)C)n3)nnc2-c2cccc(C)c2)cc1. The van der Waals surface area contributed by atoms with Crippen molar-refractivity contribution in [1.29, 1.82) is 0 Å². The Kier molecular flexibility index (Phi) is 6.72. The molecular weight excluding hydrogens is 438 g/mol. The average molecular weight is 464 g/mol. The van der Waals surface area contributed by atoms with Gasteiger partial charge < -0.3 is 4.90 Å². The van der Waals surface area contributed by atoms with Crippen LogP contribution in [-0.2, 0) is 17.0 Å². The molecule has 0 N–H and O–H groups in total. The molecule has 2 aromatic carbocycles. The number of carbonyl (C=O) groups is 1. The number of thioether (sulfide) groups is 1. The Bertz CT molecular complexity index is 1230. The molecule has 4 rings (SSSR count). The van der Waals surface area contributed by atoms with E-state index in [1.165, 1.54) is 22.5 Å². The summed E-state index contributed by atoms with van der Waals surface area (Å²) in [5, 5.41) is 12.7. The Morgan fingerprint density at radius 3 is 2.56 bits per heavy atom. The van der Waals surface area contributed by atoms with Crippen molar-refractivity contribution in [2.24, 2.45) is 0 Å². The number of amides is 1. The van der Waals surface area contributed by atoms with Gasteiger partial charge in [-0.15, -0.1) is 21.5 Å².